The Balaban J connectivity index is 1.49. The molecule has 0 unspecified atom stereocenters. The predicted octanol–water partition coefficient (Wildman–Crippen LogP) is 4.67. The molecule has 0 spiro atoms. The fourth-order valence-electron chi connectivity index (χ4n) is 4.42. The van der Waals surface area contributed by atoms with E-state index < -0.39 is 0 Å². The summed E-state index contributed by atoms with van der Waals surface area (Å²) in [5.74, 6) is 2.97. The molecule has 2 aromatic heterocycles. The van der Waals surface area contributed by atoms with Crippen LogP contribution in [-0.2, 0) is 19.9 Å². The molecule has 2 heterocycles. The van der Waals surface area contributed by atoms with Gasteiger partial charge in [0.15, 0.2) is 11.5 Å². The van der Waals surface area contributed by atoms with Crippen LogP contribution < -0.4 is 24.8 Å². The maximum atomic E-state index is 5.47. The minimum Gasteiger partial charge on any atom is -0.493 e. The first-order valence-electron chi connectivity index (χ1n) is 11.2. The molecule has 0 radical (unpaired) electrons. The highest BCUT2D eigenvalue weighted by Crippen LogP contribution is 2.41. The molecule has 9 nitrogen and oxygen atoms in total. The zero-order valence-corrected chi connectivity index (χ0v) is 20.0. The van der Waals surface area contributed by atoms with E-state index in [1.807, 2.05) is 23.9 Å². The molecule has 1 aliphatic rings. The summed E-state index contributed by atoms with van der Waals surface area (Å²) in [6.45, 7) is 2.07. The number of hydrogen-bond donors (Lipinski definition) is 2. The van der Waals surface area contributed by atoms with Gasteiger partial charge in [0.1, 0.15) is 5.82 Å². The van der Waals surface area contributed by atoms with Crippen molar-refractivity contribution >= 4 is 34.0 Å². The number of methoxy groups -OCH3 is 3. The second kappa shape index (κ2) is 8.74. The summed E-state index contributed by atoms with van der Waals surface area (Å²) in [5.41, 5.74) is 5.99. The fraction of sp³-hybridized carbons (Fsp3) is 0.320. The molecule has 0 bridgehead atoms. The normalized spacial score (nSPS) is 12.5. The van der Waals surface area contributed by atoms with Gasteiger partial charge in [-0.25, -0.2) is 4.98 Å². The van der Waals surface area contributed by atoms with Crippen LogP contribution in [0.2, 0.25) is 0 Å². The van der Waals surface area contributed by atoms with Crippen molar-refractivity contribution in [1.82, 2.24) is 19.7 Å². The molecule has 2 N–H and O–H groups in total. The topological polar surface area (TPSA) is 95.4 Å². The van der Waals surface area contributed by atoms with E-state index in [4.69, 9.17) is 24.2 Å². The molecule has 0 fully saturated rings. The summed E-state index contributed by atoms with van der Waals surface area (Å²) in [6.07, 6.45) is 2.94. The summed E-state index contributed by atoms with van der Waals surface area (Å²) in [7, 11) is 6.73. The van der Waals surface area contributed by atoms with E-state index in [1.54, 1.807) is 21.3 Å². The van der Waals surface area contributed by atoms with Crippen LogP contribution in [0, 0.1) is 6.92 Å². The van der Waals surface area contributed by atoms with Crippen LogP contribution in [0.3, 0.4) is 0 Å². The summed E-state index contributed by atoms with van der Waals surface area (Å²) < 4.78 is 18.3. The Hall–Kier alpha value is -4.01. The first-order valence-corrected chi connectivity index (χ1v) is 11.2. The number of ether oxygens (including phenoxy) is 3. The number of anilines is 4. The Morgan fingerprint density at radius 1 is 0.882 bits per heavy atom. The number of fused-ring (bicyclic) bond motifs is 2. The maximum absolute atomic E-state index is 5.47. The molecule has 0 saturated carbocycles. The highest BCUT2D eigenvalue weighted by Gasteiger charge is 2.21. The number of benzene rings is 2. The number of aryl methyl sites for hydroxylation is 3. The summed E-state index contributed by atoms with van der Waals surface area (Å²) in [5, 5.41) is 12.6. The van der Waals surface area contributed by atoms with Crippen LogP contribution in [0.25, 0.3) is 10.9 Å². The quantitative estimate of drug-likeness (QED) is 0.411. The number of aromatic nitrogens is 4. The Kier molecular flexibility index (Phi) is 5.61. The van der Waals surface area contributed by atoms with Gasteiger partial charge in [-0.2, -0.15) is 10.1 Å². The maximum Gasteiger partial charge on any atom is 0.229 e. The molecule has 0 aliphatic heterocycles. The van der Waals surface area contributed by atoms with Crippen molar-refractivity contribution in [2.24, 2.45) is 7.05 Å². The van der Waals surface area contributed by atoms with Gasteiger partial charge in [-0.3, -0.25) is 4.68 Å². The van der Waals surface area contributed by atoms with Gasteiger partial charge in [-0.05, 0) is 44.4 Å². The zero-order valence-electron chi connectivity index (χ0n) is 20.0. The molecule has 0 amide bonds. The van der Waals surface area contributed by atoms with Crippen LogP contribution in [0.1, 0.15) is 23.4 Å². The SMILES string of the molecule is COc1cc(Nc2nc3c(c(Nc4ccc5c(C)n(C)nc5c4)n2)CCC3)cc(OC)c1OC. The molecule has 9 heteroatoms. The van der Waals surface area contributed by atoms with E-state index in [0.717, 1.165) is 64.3 Å². The first-order chi connectivity index (χ1) is 16.5. The molecule has 2 aromatic carbocycles. The average Bonchev–Trinajstić information content (AvgIpc) is 3.42. The lowest BCUT2D eigenvalue weighted by atomic mass is 10.2. The zero-order chi connectivity index (χ0) is 23.8. The van der Waals surface area contributed by atoms with Gasteiger partial charge in [0.05, 0.1) is 32.5 Å². The van der Waals surface area contributed by atoms with Gasteiger partial charge in [0.2, 0.25) is 11.7 Å². The summed E-state index contributed by atoms with van der Waals surface area (Å²) in [4.78, 5) is 9.60. The Bertz CT molecular complexity index is 1360. The molecule has 4 aromatic rings. The fourth-order valence-corrected chi connectivity index (χ4v) is 4.42. The Morgan fingerprint density at radius 2 is 1.65 bits per heavy atom. The third-order valence-electron chi connectivity index (χ3n) is 6.25. The highest BCUT2D eigenvalue weighted by atomic mass is 16.5. The number of nitrogens with one attached hydrogen (secondary N) is 2. The van der Waals surface area contributed by atoms with Crippen molar-refractivity contribution in [3.63, 3.8) is 0 Å². The van der Waals surface area contributed by atoms with Gasteiger partial charge < -0.3 is 24.8 Å². The van der Waals surface area contributed by atoms with Gasteiger partial charge >= 0.3 is 0 Å². The van der Waals surface area contributed by atoms with Crippen molar-refractivity contribution in [3.05, 3.63) is 47.3 Å². The lowest BCUT2D eigenvalue weighted by Crippen LogP contribution is -2.06. The van der Waals surface area contributed by atoms with Gasteiger partial charge in [-0.15, -0.1) is 0 Å². The monoisotopic (exact) mass is 460 g/mol. The number of hydrogen-bond acceptors (Lipinski definition) is 8. The Labute approximate surface area is 198 Å². The third kappa shape index (κ3) is 3.83. The van der Waals surface area contributed by atoms with Crippen molar-refractivity contribution in [1.29, 1.82) is 0 Å². The van der Waals surface area contributed by atoms with Crippen LogP contribution in [0.4, 0.5) is 23.1 Å². The van der Waals surface area contributed by atoms with Crippen molar-refractivity contribution in [3.8, 4) is 17.2 Å². The molecular formula is C25H28N6O3. The molecule has 34 heavy (non-hydrogen) atoms. The van der Waals surface area contributed by atoms with E-state index in [1.165, 1.54) is 0 Å². The van der Waals surface area contributed by atoms with Crippen molar-refractivity contribution in [2.45, 2.75) is 26.2 Å². The number of nitrogens with zero attached hydrogens (tertiary/aromatic N) is 4. The van der Waals surface area contributed by atoms with Gasteiger partial charge in [-0.1, -0.05) is 0 Å². The molecule has 1 aliphatic carbocycles. The highest BCUT2D eigenvalue weighted by molar-refractivity contribution is 5.85. The minimum atomic E-state index is 0.507. The largest absolute Gasteiger partial charge is 0.493 e. The van der Waals surface area contributed by atoms with Crippen LogP contribution in [0.5, 0.6) is 17.2 Å². The first kappa shape index (κ1) is 21.8. The second-order valence-corrected chi connectivity index (χ2v) is 8.28. The lowest BCUT2D eigenvalue weighted by molar-refractivity contribution is 0.324. The summed E-state index contributed by atoms with van der Waals surface area (Å²) in [6, 6.07) is 9.88. The van der Waals surface area contributed by atoms with Gasteiger partial charge in [0, 0.05) is 47.2 Å². The molecule has 176 valence electrons. The van der Waals surface area contributed by atoms with E-state index in [9.17, 15) is 0 Å². The van der Waals surface area contributed by atoms with E-state index in [2.05, 4.69) is 40.9 Å². The smallest absolute Gasteiger partial charge is 0.229 e. The van der Waals surface area contributed by atoms with E-state index in [-0.39, 0.29) is 0 Å². The standard InChI is InChI=1S/C25H28N6O3/c1-14-17-10-9-15(11-20(17)30-31(14)2)26-24-18-7-6-8-19(18)28-25(29-24)27-16-12-21(32-3)23(34-5)22(13-16)33-4/h9-13H,6-8H2,1-5H3,(H2,26,27,28,29). The average molecular weight is 461 g/mol. The van der Waals surface area contributed by atoms with Crippen molar-refractivity contribution in [2.75, 3.05) is 32.0 Å². The molecule has 5 rings (SSSR count). The van der Waals surface area contributed by atoms with E-state index >= 15 is 0 Å². The molecule has 0 atom stereocenters. The number of rotatable bonds is 7. The van der Waals surface area contributed by atoms with Crippen LogP contribution in [0.15, 0.2) is 30.3 Å². The summed E-state index contributed by atoms with van der Waals surface area (Å²) >= 11 is 0. The molecule has 0 saturated heterocycles. The minimum absolute atomic E-state index is 0.507. The van der Waals surface area contributed by atoms with Crippen molar-refractivity contribution < 1.29 is 14.2 Å². The second-order valence-electron chi connectivity index (χ2n) is 8.28. The van der Waals surface area contributed by atoms with Crippen LogP contribution in [-0.4, -0.2) is 41.1 Å². The lowest BCUT2D eigenvalue weighted by Gasteiger charge is -2.16. The predicted molar refractivity (Wildman–Crippen MR) is 132 cm³/mol. The molecular weight excluding hydrogens is 432 g/mol. The Morgan fingerprint density at radius 3 is 2.35 bits per heavy atom. The van der Waals surface area contributed by atoms with E-state index in [0.29, 0.717) is 23.2 Å². The third-order valence-corrected chi connectivity index (χ3v) is 6.25. The van der Waals surface area contributed by atoms with Crippen LogP contribution >= 0.6 is 0 Å². The van der Waals surface area contributed by atoms with Gasteiger partial charge in [0.25, 0.3) is 0 Å².